The Labute approximate surface area is 564 Å². The summed E-state index contributed by atoms with van der Waals surface area (Å²) in [7, 11) is 0. The van der Waals surface area contributed by atoms with E-state index in [1.807, 2.05) is 6.08 Å². The zero-order valence-corrected chi connectivity index (χ0v) is 61.1. The van der Waals surface area contributed by atoms with Gasteiger partial charge in [-0.3, -0.25) is 9.59 Å². The minimum Gasteiger partial charge on any atom is -0.466 e. The van der Waals surface area contributed by atoms with Gasteiger partial charge in [-0.15, -0.1) is 0 Å². The van der Waals surface area contributed by atoms with Crippen molar-refractivity contribution in [1.82, 2.24) is 5.32 Å². The van der Waals surface area contributed by atoms with Crippen LogP contribution in [0.2, 0.25) is 0 Å². The topological polar surface area (TPSA) is 95.9 Å². The Morgan fingerprint density at radius 2 is 0.567 bits per heavy atom. The molecule has 6 nitrogen and oxygen atoms in total. The maximum absolute atomic E-state index is 12.5. The quantitative estimate of drug-likeness (QED) is 0.0320. The number of allylic oxidation sites excluding steroid dienone is 5. The van der Waals surface area contributed by atoms with E-state index < -0.39 is 12.1 Å². The Morgan fingerprint density at radius 1 is 0.311 bits per heavy atom. The molecule has 0 aliphatic heterocycles. The van der Waals surface area contributed by atoms with E-state index in [1.54, 1.807) is 6.08 Å². The van der Waals surface area contributed by atoms with Gasteiger partial charge in [0.05, 0.1) is 25.4 Å². The monoisotopic (exact) mass is 1260 g/mol. The maximum atomic E-state index is 12.5. The van der Waals surface area contributed by atoms with Gasteiger partial charge in [0.1, 0.15) is 0 Å². The third-order valence-electron chi connectivity index (χ3n) is 19.4. The molecule has 0 aliphatic rings. The van der Waals surface area contributed by atoms with Crippen molar-refractivity contribution in [2.45, 2.75) is 475 Å². The van der Waals surface area contributed by atoms with Crippen molar-refractivity contribution in [2.75, 3.05) is 13.2 Å². The number of hydrogen-bond acceptors (Lipinski definition) is 5. The Bertz CT molecular complexity index is 1460. The van der Waals surface area contributed by atoms with Gasteiger partial charge in [0, 0.05) is 12.8 Å². The molecule has 0 radical (unpaired) electrons. The highest BCUT2D eigenvalue weighted by molar-refractivity contribution is 5.76. The van der Waals surface area contributed by atoms with Gasteiger partial charge >= 0.3 is 5.97 Å². The highest BCUT2D eigenvalue weighted by Crippen LogP contribution is 2.20. The molecule has 0 aromatic carbocycles. The van der Waals surface area contributed by atoms with Crippen molar-refractivity contribution < 1.29 is 24.5 Å². The number of esters is 1. The van der Waals surface area contributed by atoms with Gasteiger partial charge in [0.2, 0.25) is 5.91 Å². The highest BCUT2D eigenvalue weighted by Gasteiger charge is 2.18. The smallest absolute Gasteiger partial charge is 0.305 e. The number of aliphatic hydroxyl groups excluding tert-OH is 2. The number of ether oxygens (including phenoxy) is 1. The molecule has 0 saturated carbocycles. The third-order valence-corrected chi connectivity index (χ3v) is 19.4. The molecule has 0 fully saturated rings. The molecule has 532 valence electrons. The second-order valence-electron chi connectivity index (χ2n) is 28.5. The van der Waals surface area contributed by atoms with E-state index >= 15 is 0 Å². The molecule has 3 N–H and O–H groups in total. The summed E-state index contributed by atoms with van der Waals surface area (Å²) in [6.07, 6.45) is 104. The van der Waals surface area contributed by atoms with Crippen LogP contribution in [-0.4, -0.2) is 47.4 Å². The molecule has 0 saturated heterocycles. The average Bonchev–Trinajstić information content (AvgIpc) is 3.68. The van der Waals surface area contributed by atoms with Crippen LogP contribution >= 0.6 is 0 Å². The molecule has 0 aromatic rings. The Morgan fingerprint density at radius 3 is 0.878 bits per heavy atom. The lowest BCUT2D eigenvalue weighted by atomic mass is 10.0. The van der Waals surface area contributed by atoms with Crippen molar-refractivity contribution in [3.05, 3.63) is 36.5 Å². The van der Waals surface area contributed by atoms with E-state index in [0.29, 0.717) is 19.4 Å². The van der Waals surface area contributed by atoms with Gasteiger partial charge in [-0.05, 0) is 57.8 Å². The lowest BCUT2D eigenvalue weighted by Gasteiger charge is -2.20. The highest BCUT2D eigenvalue weighted by atomic mass is 16.5. The fraction of sp³-hybridized carbons (Fsp3) is 0.905. The number of unbranched alkanes of at least 4 members (excludes halogenated alkanes) is 63. The fourth-order valence-electron chi connectivity index (χ4n) is 13.1. The Balaban J connectivity index is 3.32. The average molecular weight is 1270 g/mol. The van der Waals surface area contributed by atoms with E-state index in [1.165, 1.54) is 385 Å². The summed E-state index contributed by atoms with van der Waals surface area (Å²) in [6, 6.07) is -0.624. The molecule has 2 unspecified atom stereocenters. The lowest BCUT2D eigenvalue weighted by Crippen LogP contribution is -2.45. The van der Waals surface area contributed by atoms with Crippen molar-refractivity contribution in [1.29, 1.82) is 0 Å². The third kappa shape index (κ3) is 75.1. The molecule has 0 aromatic heterocycles. The molecule has 0 rings (SSSR count). The largest absolute Gasteiger partial charge is 0.466 e. The normalized spacial score (nSPS) is 12.6. The summed E-state index contributed by atoms with van der Waals surface area (Å²) in [5.74, 6) is -0.0475. The van der Waals surface area contributed by atoms with Crippen LogP contribution in [0.15, 0.2) is 36.5 Å². The molecule has 0 spiro atoms. The predicted molar refractivity (Wildman–Crippen MR) is 398 cm³/mol. The maximum Gasteiger partial charge on any atom is 0.305 e. The number of nitrogens with one attached hydrogen (secondary N) is 1. The van der Waals surface area contributed by atoms with E-state index in [-0.39, 0.29) is 18.5 Å². The van der Waals surface area contributed by atoms with Gasteiger partial charge in [-0.25, -0.2) is 0 Å². The summed E-state index contributed by atoms with van der Waals surface area (Å²) in [5, 5.41) is 23.3. The predicted octanol–water partition coefficient (Wildman–Crippen LogP) is 27.4. The van der Waals surface area contributed by atoms with E-state index in [9.17, 15) is 19.8 Å². The molecule has 2 atom stereocenters. The summed E-state index contributed by atoms with van der Waals surface area (Å²) in [4.78, 5) is 24.6. The van der Waals surface area contributed by atoms with Gasteiger partial charge in [0.15, 0.2) is 0 Å². The fourth-order valence-corrected chi connectivity index (χ4v) is 13.1. The minimum atomic E-state index is -0.841. The zero-order valence-electron chi connectivity index (χ0n) is 61.1. The van der Waals surface area contributed by atoms with Crippen molar-refractivity contribution in [2.24, 2.45) is 0 Å². The zero-order chi connectivity index (χ0) is 64.9. The Kier molecular flexibility index (Phi) is 77.8. The second-order valence-corrected chi connectivity index (χ2v) is 28.5. The van der Waals surface area contributed by atoms with E-state index in [2.05, 4.69) is 43.5 Å². The molecule has 6 heteroatoms. The summed E-state index contributed by atoms with van der Waals surface area (Å²) >= 11 is 0. The number of carbonyl (C=O) groups excluding carboxylic acids is 2. The molecular weight excluding hydrogens is 1100 g/mol. The van der Waals surface area contributed by atoms with Crippen LogP contribution in [0.5, 0.6) is 0 Å². The molecular formula is C84H161NO5. The SMILES string of the molecule is CCCC/C=C\C/C=C\CCCCCCCC(=O)OCCCCCCCCCCCCCCCCCCCCCCCCCCCCCCCCCCCCCCCCCC(=O)NC(CO)C(O)/C=C/CCCCCCCCCCCCCCCCCCCC. The van der Waals surface area contributed by atoms with Crippen molar-refractivity contribution >= 4 is 11.9 Å². The van der Waals surface area contributed by atoms with Crippen LogP contribution in [0.3, 0.4) is 0 Å². The molecule has 0 heterocycles. The van der Waals surface area contributed by atoms with Crippen LogP contribution in [0, 0.1) is 0 Å². The lowest BCUT2D eigenvalue weighted by molar-refractivity contribution is -0.143. The first-order valence-electron chi connectivity index (χ1n) is 41.3. The standard InChI is InChI=1S/C84H161NO5/c1-3-5-7-9-11-13-15-17-19-20-21-43-46-49-52-56-60-64-68-72-76-82(87)81(80-86)85-83(88)77-73-69-65-61-57-53-50-47-44-41-39-37-35-33-31-29-27-25-23-22-24-26-28-30-32-34-36-38-40-42-45-48-51-55-59-63-67-71-75-79-90-84(89)78-74-70-66-62-58-54-18-16-14-12-10-8-6-4-2/h10,12,16,18,72,76,81-82,86-87H,3-9,11,13-15,17,19-71,73-75,77-80H2,1-2H3,(H,85,88)/b12-10-,18-16-,76-72+. The molecule has 0 bridgehead atoms. The van der Waals surface area contributed by atoms with Crippen LogP contribution in [0.1, 0.15) is 463 Å². The molecule has 90 heavy (non-hydrogen) atoms. The van der Waals surface area contributed by atoms with Crippen LogP contribution < -0.4 is 5.32 Å². The number of amides is 1. The summed E-state index contributed by atoms with van der Waals surface area (Å²) in [5.41, 5.74) is 0. The first-order valence-corrected chi connectivity index (χ1v) is 41.3. The molecule has 1 amide bonds. The van der Waals surface area contributed by atoms with Crippen molar-refractivity contribution in [3.63, 3.8) is 0 Å². The number of carbonyl (C=O) groups is 2. The number of hydrogen-bond donors (Lipinski definition) is 3. The van der Waals surface area contributed by atoms with E-state index in [4.69, 9.17) is 4.74 Å². The summed E-state index contributed by atoms with van der Waals surface area (Å²) in [6.45, 7) is 4.91. The van der Waals surface area contributed by atoms with Crippen LogP contribution in [0.4, 0.5) is 0 Å². The Hall–Kier alpha value is -1.92. The van der Waals surface area contributed by atoms with Gasteiger partial charge in [-0.1, -0.05) is 429 Å². The van der Waals surface area contributed by atoms with Gasteiger partial charge < -0.3 is 20.3 Å². The summed E-state index contributed by atoms with van der Waals surface area (Å²) < 4.78 is 5.49. The van der Waals surface area contributed by atoms with E-state index in [0.717, 1.165) is 51.4 Å². The number of aliphatic hydroxyl groups is 2. The first kappa shape index (κ1) is 88.1. The van der Waals surface area contributed by atoms with Gasteiger partial charge in [0.25, 0.3) is 0 Å². The minimum absolute atomic E-state index is 0.00978. The first-order chi connectivity index (χ1) is 44.5. The number of rotatable bonds is 78. The molecule has 0 aliphatic carbocycles. The van der Waals surface area contributed by atoms with Crippen LogP contribution in [0.25, 0.3) is 0 Å². The van der Waals surface area contributed by atoms with Crippen LogP contribution in [-0.2, 0) is 14.3 Å². The second kappa shape index (κ2) is 79.5. The van der Waals surface area contributed by atoms with Crippen molar-refractivity contribution in [3.8, 4) is 0 Å². The van der Waals surface area contributed by atoms with Gasteiger partial charge in [-0.2, -0.15) is 0 Å².